The highest BCUT2D eigenvalue weighted by Crippen LogP contribution is 2.25. The number of ether oxygens (including phenoxy) is 1. The number of nitrogens with one attached hydrogen (secondary N) is 2. The van der Waals surface area contributed by atoms with E-state index in [0.29, 0.717) is 27.3 Å². The SMILES string of the molecule is C=CCNc1nnc(SCC(=O)NC(=O)c2ccc(OC)cc2)s1. The molecule has 0 radical (unpaired) electrons. The van der Waals surface area contributed by atoms with Crippen molar-refractivity contribution in [2.24, 2.45) is 0 Å². The van der Waals surface area contributed by atoms with E-state index in [-0.39, 0.29) is 5.75 Å². The molecule has 0 atom stereocenters. The van der Waals surface area contributed by atoms with E-state index in [2.05, 4.69) is 27.4 Å². The summed E-state index contributed by atoms with van der Waals surface area (Å²) in [6.07, 6.45) is 1.71. The summed E-state index contributed by atoms with van der Waals surface area (Å²) in [7, 11) is 1.54. The van der Waals surface area contributed by atoms with Gasteiger partial charge in [-0.15, -0.1) is 16.8 Å². The molecule has 0 fully saturated rings. The van der Waals surface area contributed by atoms with Gasteiger partial charge in [-0.05, 0) is 24.3 Å². The molecule has 0 unspecified atom stereocenters. The molecule has 1 aromatic carbocycles. The van der Waals surface area contributed by atoms with Crippen molar-refractivity contribution in [2.45, 2.75) is 4.34 Å². The summed E-state index contributed by atoms with van der Waals surface area (Å²) in [5.41, 5.74) is 0.390. The number of benzene rings is 1. The summed E-state index contributed by atoms with van der Waals surface area (Å²) in [5, 5.41) is 13.9. The predicted molar refractivity (Wildman–Crippen MR) is 94.8 cm³/mol. The molecule has 0 bridgehead atoms. The van der Waals surface area contributed by atoms with Crippen LogP contribution in [0.2, 0.25) is 0 Å². The number of nitrogens with zero attached hydrogens (tertiary/aromatic N) is 2. The molecule has 0 saturated carbocycles. The van der Waals surface area contributed by atoms with Crippen LogP contribution >= 0.6 is 23.1 Å². The summed E-state index contributed by atoms with van der Waals surface area (Å²) in [5.74, 6) is -0.117. The smallest absolute Gasteiger partial charge is 0.257 e. The molecular formula is C15H16N4O3S2. The van der Waals surface area contributed by atoms with Gasteiger partial charge in [-0.25, -0.2) is 0 Å². The van der Waals surface area contributed by atoms with E-state index in [0.717, 1.165) is 0 Å². The molecule has 2 aromatic rings. The van der Waals surface area contributed by atoms with E-state index in [1.165, 1.54) is 23.1 Å². The van der Waals surface area contributed by atoms with Crippen LogP contribution in [-0.4, -0.2) is 41.4 Å². The maximum Gasteiger partial charge on any atom is 0.257 e. The number of hydrogen-bond donors (Lipinski definition) is 2. The Labute approximate surface area is 147 Å². The molecule has 0 spiro atoms. The van der Waals surface area contributed by atoms with Crippen molar-refractivity contribution < 1.29 is 14.3 Å². The lowest BCUT2D eigenvalue weighted by Crippen LogP contribution is -2.31. The Morgan fingerprint density at radius 1 is 1.33 bits per heavy atom. The van der Waals surface area contributed by atoms with Crippen molar-refractivity contribution in [3.05, 3.63) is 42.5 Å². The molecule has 1 aromatic heterocycles. The van der Waals surface area contributed by atoms with Crippen molar-refractivity contribution in [1.29, 1.82) is 0 Å². The number of thioether (sulfide) groups is 1. The first-order chi connectivity index (χ1) is 11.6. The van der Waals surface area contributed by atoms with Crippen LogP contribution in [0.5, 0.6) is 5.75 Å². The second-order valence-corrected chi connectivity index (χ2v) is 6.64. The van der Waals surface area contributed by atoms with Crippen LogP contribution in [0, 0.1) is 0 Å². The maximum absolute atomic E-state index is 12.0. The molecule has 2 amide bonds. The fourth-order valence-electron chi connectivity index (χ4n) is 1.60. The average molecular weight is 364 g/mol. The molecule has 7 nitrogen and oxygen atoms in total. The van der Waals surface area contributed by atoms with Gasteiger partial charge in [0, 0.05) is 12.1 Å². The van der Waals surface area contributed by atoms with E-state index in [1.54, 1.807) is 37.5 Å². The van der Waals surface area contributed by atoms with Crippen LogP contribution in [0.25, 0.3) is 0 Å². The Morgan fingerprint density at radius 3 is 2.75 bits per heavy atom. The number of amides is 2. The predicted octanol–water partition coefficient (Wildman–Crippen LogP) is 2.19. The summed E-state index contributed by atoms with van der Waals surface area (Å²) in [6.45, 7) is 4.19. The maximum atomic E-state index is 12.0. The Morgan fingerprint density at radius 2 is 2.08 bits per heavy atom. The molecule has 0 aliphatic carbocycles. The number of hydrogen-bond acceptors (Lipinski definition) is 8. The largest absolute Gasteiger partial charge is 0.497 e. The minimum atomic E-state index is -0.450. The molecule has 0 aliphatic heterocycles. The van der Waals surface area contributed by atoms with Crippen LogP contribution in [0.3, 0.4) is 0 Å². The van der Waals surface area contributed by atoms with E-state index < -0.39 is 11.8 Å². The van der Waals surface area contributed by atoms with Gasteiger partial charge in [0.15, 0.2) is 4.34 Å². The van der Waals surface area contributed by atoms with Gasteiger partial charge in [-0.1, -0.05) is 29.2 Å². The van der Waals surface area contributed by atoms with E-state index in [1.807, 2.05) is 0 Å². The van der Waals surface area contributed by atoms with E-state index >= 15 is 0 Å². The number of aromatic nitrogens is 2. The first-order valence-electron chi connectivity index (χ1n) is 6.91. The molecule has 0 saturated heterocycles. The van der Waals surface area contributed by atoms with Gasteiger partial charge in [-0.2, -0.15) is 0 Å². The standard InChI is InChI=1S/C15H16N4O3S2/c1-3-8-16-14-18-19-15(24-14)23-9-12(20)17-13(21)10-4-6-11(22-2)7-5-10/h3-7H,1,8-9H2,2H3,(H,16,18)(H,17,20,21). The molecule has 1 heterocycles. The Balaban J connectivity index is 1.80. The van der Waals surface area contributed by atoms with Crippen molar-refractivity contribution in [2.75, 3.05) is 24.7 Å². The highest BCUT2D eigenvalue weighted by molar-refractivity contribution is 8.01. The molecular weight excluding hydrogens is 348 g/mol. The molecule has 2 N–H and O–H groups in total. The minimum Gasteiger partial charge on any atom is -0.497 e. The monoisotopic (exact) mass is 364 g/mol. The highest BCUT2D eigenvalue weighted by atomic mass is 32.2. The minimum absolute atomic E-state index is 0.0813. The fourth-order valence-corrected chi connectivity index (χ4v) is 3.16. The molecule has 0 aliphatic rings. The van der Waals surface area contributed by atoms with Crippen LogP contribution < -0.4 is 15.4 Å². The number of imide groups is 1. The second-order valence-electron chi connectivity index (χ2n) is 4.44. The topological polar surface area (TPSA) is 93.2 Å². The van der Waals surface area contributed by atoms with Crippen molar-refractivity contribution >= 4 is 40.0 Å². The van der Waals surface area contributed by atoms with Crippen LogP contribution in [0.1, 0.15) is 10.4 Å². The lowest BCUT2D eigenvalue weighted by atomic mass is 10.2. The van der Waals surface area contributed by atoms with Crippen LogP contribution in [0.15, 0.2) is 41.3 Å². The van der Waals surface area contributed by atoms with E-state index in [4.69, 9.17) is 4.74 Å². The first kappa shape index (κ1) is 18.0. The lowest BCUT2D eigenvalue weighted by molar-refractivity contribution is -0.117. The summed E-state index contributed by atoms with van der Waals surface area (Å²) < 4.78 is 5.67. The Hall–Kier alpha value is -2.39. The molecule has 9 heteroatoms. The van der Waals surface area contributed by atoms with Gasteiger partial charge in [0.2, 0.25) is 11.0 Å². The van der Waals surface area contributed by atoms with Gasteiger partial charge in [0.05, 0.1) is 12.9 Å². The number of carbonyl (C=O) groups is 2. The van der Waals surface area contributed by atoms with Gasteiger partial charge >= 0.3 is 0 Å². The molecule has 126 valence electrons. The highest BCUT2D eigenvalue weighted by Gasteiger charge is 2.12. The third-order valence-corrected chi connectivity index (χ3v) is 4.75. The normalized spacial score (nSPS) is 10.0. The average Bonchev–Trinajstić information content (AvgIpc) is 3.06. The number of methoxy groups -OCH3 is 1. The van der Waals surface area contributed by atoms with Crippen molar-refractivity contribution in [3.63, 3.8) is 0 Å². The van der Waals surface area contributed by atoms with Gasteiger partial charge in [-0.3, -0.25) is 14.9 Å². The Kier molecular flexibility index (Phi) is 6.76. The zero-order chi connectivity index (χ0) is 17.4. The first-order valence-corrected chi connectivity index (χ1v) is 8.72. The molecule has 24 heavy (non-hydrogen) atoms. The van der Waals surface area contributed by atoms with Crippen molar-refractivity contribution in [3.8, 4) is 5.75 Å². The zero-order valence-electron chi connectivity index (χ0n) is 12.9. The lowest BCUT2D eigenvalue weighted by Gasteiger charge is -2.04. The van der Waals surface area contributed by atoms with Gasteiger partial charge in [0.1, 0.15) is 5.75 Å². The number of anilines is 1. The fraction of sp³-hybridized carbons (Fsp3) is 0.200. The Bertz CT molecular complexity index is 716. The van der Waals surface area contributed by atoms with E-state index in [9.17, 15) is 9.59 Å². The number of rotatable bonds is 8. The number of carbonyl (C=O) groups excluding carboxylic acids is 2. The quantitative estimate of drug-likeness (QED) is 0.548. The van der Waals surface area contributed by atoms with Crippen molar-refractivity contribution in [1.82, 2.24) is 15.5 Å². The third-order valence-electron chi connectivity index (χ3n) is 2.74. The third kappa shape index (κ3) is 5.36. The summed E-state index contributed by atoms with van der Waals surface area (Å²) in [4.78, 5) is 23.8. The van der Waals surface area contributed by atoms with Crippen LogP contribution in [0.4, 0.5) is 5.13 Å². The van der Waals surface area contributed by atoms with Gasteiger partial charge < -0.3 is 10.1 Å². The van der Waals surface area contributed by atoms with Crippen LogP contribution in [-0.2, 0) is 4.79 Å². The second kappa shape index (κ2) is 9.04. The zero-order valence-corrected chi connectivity index (χ0v) is 14.6. The summed E-state index contributed by atoms with van der Waals surface area (Å²) in [6, 6.07) is 6.51. The van der Waals surface area contributed by atoms with Gasteiger partial charge in [0.25, 0.3) is 5.91 Å². The molecule has 2 rings (SSSR count). The summed E-state index contributed by atoms with van der Waals surface area (Å²) >= 11 is 2.56.